The number of hydrogen-bond donors (Lipinski definition) is 2. The maximum atomic E-state index is 6.12. The largest absolute Gasteiger partial charge is 0.488 e. The molecule has 0 aromatic heterocycles. The van der Waals surface area contributed by atoms with Crippen LogP contribution in [0.25, 0.3) is 0 Å². The lowest BCUT2D eigenvalue weighted by Crippen LogP contribution is -2.42. The van der Waals surface area contributed by atoms with Gasteiger partial charge in [0.1, 0.15) is 11.9 Å². The molecule has 2 N–H and O–H groups in total. The van der Waals surface area contributed by atoms with Crippen molar-refractivity contribution in [3.05, 3.63) is 65.7 Å². The van der Waals surface area contributed by atoms with Crippen molar-refractivity contribution in [3.63, 3.8) is 0 Å². The lowest BCUT2D eigenvalue weighted by molar-refractivity contribution is -0.0250. The summed E-state index contributed by atoms with van der Waals surface area (Å²) in [6, 6.07) is 18.8. The van der Waals surface area contributed by atoms with Crippen molar-refractivity contribution in [2.45, 2.75) is 38.4 Å². The third kappa shape index (κ3) is 5.10. The van der Waals surface area contributed by atoms with E-state index < -0.39 is 0 Å². The van der Waals surface area contributed by atoms with E-state index in [-0.39, 0.29) is 12.2 Å². The Morgan fingerprint density at radius 3 is 2.72 bits per heavy atom. The van der Waals surface area contributed by atoms with E-state index >= 15 is 0 Å². The number of benzene rings is 2. The van der Waals surface area contributed by atoms with Crippen LogP contribution in [0.1, 0.15) is 37.0 Å². The summed E-state index contributed by atoms with van der Waals surface area (Å²) in [7, 11) is 0. The predicted molar refractivity (Wildman–Crippen MR) is 116 cm³/mol. The second kappa shape index (κ2) is 9.79. The number of guanidine groups is 1. The van der Waals surface area contributed by atoms with Gasteiger partial charge in [0, 0.05) is 32.0 Å². The smallest absolute Gasteiger partial charge is 0.191 e. The molecule has 0 aliphatic carbocycles. The SMILES string of the molecule is CCNC(=NCC1CCCOC1c1ccccc1)NCC1Cc2ccccc2O1. The van der Waals surface area contributed by atoms with Crippen LogP contribution in [0.4, 0.5) is 0 Å². The summed E-state index contributed by atoms with van der Waals surface area (Å²) in [4.78, 5) is 4.88. The van der Waals surface area contributed by atoms with Crippen molar-refractivity contribution in [2.75, 3.05) is 26.2 Å². The number of ether oxygens (including phenoxy) is 2. The summed E-state index contributed by atoms with van der Waals surface area (Å²) in [6.07, 6.45) is 3.45. The Morgan fingerprint density at radius 1 is 1.07 bits per heavy atom. The highest BCUT2D eigenvalue weighted by atomic mass is 16.5. The first kappa shape index (κ1) is 19.8. The molecule has 5 nitrogen and oxygen atoms in total. The van der Waals surface area contributed by atoms with E-state index in [9.17, 15) is 0 Å². The first-order valence-electron chi connectivity index (χ1n) is 10.8. The van der Waals surface area contributed by atoms with E-state index in [2.05, 4.69) is 60.0 Å². The van der Waals surface area contributed by atoms with Crippen LogP contribution in [0.5, 0.6) is 5.75 Å². The highest BCUT2D eigenvalue weighted by Crippen LogP contribution is 2.33. The van der Waals surface area contributed by atoms with E-state index in [1.165, 1.54) is 11.1 Å². The minimum absolute atomic E-state index is 0.129. The van der Waals surface area contributed by atoms with Crippen molar-refractivity contribution in [3.8, 4) is 5.75 Å². The van der Waals surface area contributed by atoms with Crippen LogP contribution in [0.15, 0.2) is 59.6 Å². The minimum atomic E-state index is 0.129. The van der Waals surface area contributed by atoms with Gasteiger partial charge in [-0.2, -0.15) is 0 Å². The lowest BCUT2D eigenvalue weighted by atomic mass is 9.89. The summed E-state index contributed by atoms with van der Waals surface area (Å²) in [5.41, 5.74) is 2.54. The molecular weight excluding hydrogens is 362 g/mol. The van der Waals surface area contributed by atoms with Gasteiger partial charge in [-0.25, -0.2) is 0 Å². The van der Waals surface area contributed by atoms with Gasteiger partial charge in [0.15, 0.2) is 5.96 Å². The normalized spacial score (nSPS) is 23.9. The number of nitrogens with zero attached hydrogens (tertiary/aromatic N) is 1. The molecule has 1 fully saturated rings. The molecule has 0 radical (unpaired) electrons. The van der Waals surface area contributed by atoms with Crippen LogP contribution in [0.3, 0.4) is 0 Å². The number of fused-ring (bicyclic) bond motifs is 1. The Balaban J connectivity index is 1.35. The molecule has 2 heterocycles. The van der Waals surface area contributed by atoms with Gasteiger partial charge in [0.25, 0.3) is 0 Å². The monoisotopic (exact) mass is 393 g/mol. The quantitative estimate of drug-likeness (QED) is 0.580. The lowest BCUT2D eigenvalue weighted by Gasteiger charge is -2.31. The number of para-hydroxylation sites is 1. The van der Waals surface area contributed by atoms with Crippen LogP contribution in [-0.2, 0) is 11.2 Å². The number of nitrogens with one attached hydrogen (secondary N) is 2. The highest BCUT2D eigenvalue weighted by molar-refractivity contribution is 5.79. The molecule has 3 atom stereocenters. The molecule has 29 heavy (non-hydrogen) atoms. The number of aliphatic imine (C=N–C) groups is 1. The third-order valence-electron chi connectivity index (χ3n) is 5.61. The second-order valence-corrected chi connectivity index (χ2v) is 7.76. The van der Waals surface area contributed by atoms with Crippen molar-refractivity contribution >= 4 is 5.96 Å². The molecule has 2 aromatic rings. The van der Waals surface area contributed by atoms with Gasteiger partial charge in [-0.05, 0) is 37.0 Å². The summed E-state index contributed by atoms with van der Waals surface area (Å²) in [5, 5.41) is 6.83. The van der Waals surface area contributed by atoms with E-state index in [4.69, 9.17) is 14.5 Å². The zero-order valence-electron chi connectivity index (χ0n) is 17.1. The Bertz CT molecular complexity index is 784. The fourth-order valence-electron chi connectivity index (χ4n) is 4.17. The van der Waals surface area contributed by atoms with E-state index in [1.54, 1.807) is 0 Å². The summed E-state index contributed by atoms with van der Waals surface area (Å²) in [5.74, 6) is 2.25. The van der Waals surface area contributed by atoms with E-state index in [1.807, 2.05) is 12.1 Å². The van der Waals surface area contributed by atoms with Crippen LogP contribution in [0, 0.1) is 5.92 Å². The summed E-state index contributed by atoms with van der Waals surface area (Å²) in [6.45, 7) is 5.25. The molecule has 0 bridgehead atoms. The van der Waals surface area contributed by atoms with Crippen LogP contribution in [-0.4, -0.2) is 38.3 Å². The standard InChI is InChI=1S/C24H31N3O2/c1-2-25-24(27-17-21-15-19-11-6-7-13-22(19)29-21)26-16-20-12-8-14-28-23(20)18-9-4-3-5-10-18/h3-7,9-11,13,20-21,23H,2,8,12,14-17H2,1H3,(H2,25,26,27). The van der Waals surface area contributed by atoms with Crippen molar-refractivity contribution in [1.29, 1.82) is 0 Å². The van der Waals surface area contributed by atoms with Gasteiger partial charge in [-0.15, -0.1) is 0 Å². The molecule has 0 saturated carbocycles. The Labute approximate surface area is 173 Å². The average Bonchev–Trinajstić information content (AvgIpc) is 3.19. The summed E-state index contributed by atoms with van der Waals surface area (Å²) < 4.78 is 12.2. The molecular formula is C24H31N3O2. The molecule has 2 aliphatic heterocycles. The Morgan fingerprint density at radius 2 is 1.90 bits per heavy atom. The molecule has 1 saturated heterocycles. The van der Waals surface area contributed by atoms with Gasteiger partial charge in [0.05, 0.1) is 12.6 Å². The van der Waals surface area contributed by atoms with Crippen molar-refractivity contribution in [2.24, 2.45) is 10.9 Å². The van der Waals surface area contributed by atoms with Crippen LogP contribution < -0.4 is 15.4 Å². The average molecular weight is 394 g/mol. The molecule has 3 unspecified atom stereocenters. The van der Waals surface area contributed by atoms with Crippen LogP contribution >= 0.6 is 0 Å². The maximum Gasteiger partial charge on any atom is 0.191 e. The molecule has 5 heteroatoms. The topological polar surface area (TPSA) is 54.9 Å². The molecule has 0 amide bonds. The van der Waals surface area contributed by atoms with Gasteiger partial charge in [-0.3, -0.25) is 4.99 Å². The number of rotatable bonds is 6. The second-order valence-electron chi connectivity index (χ2n) is 7.76. The highest BCUT2D eigenvalue weighted by Gasteiger charge is 2.27. The predicted octanol–water partition coefficient (Wildman–Crippen LogP) is 3.71. The minimum Gasteiger partial charge on any atom is -0.488 e. The van der Waals surface area contributed by atoms with E-state index in [0.717, 1.165) is 57.2 Å². The Kier molecular flexibility index (Phi) is 6.67. The molecule has 4 rings (SSSR count). The number of hydrogen-bond acceptors (Lipinski definition) is 3. The van der Waals surface area contributed by atoms with Gasteiger partial charge >= 0.3 is 0 Å². The third-order valence-corrected chi connectivity index (χ3v) is 5.61. The Hall–Kier alpha value is -2.53. The van der Waals surface area contributed by atoms with Gasteiger partial charge in [-0.1, -0.05) is 48.5 Å². The van der Waals surface area contributed by atoms with E-state index in [0.29, 0.717) is 5.92 Å². The molecule has 0 spiro atoms. The fraction of sp³-hybridized carbons (Fsp3) is 0.458. The van der Waals surface area contributed by atoms with Crippen molar-refractivity contribution in [1.82, 2.24) is 10.6 Å². The van der Waals surface area contributed by atoms with Gasteiger partial charge < -0.3 is 20.1 Å². The van der Waals surface area contributed by atoms with Gasteiger partial charge in [0.2, 0.25) is 0 Å². The molecule has 154 valence electrons. The molecule has 2 aromatic carbocycles. The van der Waals surface area contributed by atoms with Crippen molar-refractivity contribution < 1.29 is 9.47 Å². The zero-order valence-corrected chi connectivity index (χ0v) is 17.1. The molecule has 2 aliphatic rings. The fourth-order valence-corrected chi connectivity index (χ4v) is 4.17. The summed E-state index contributed by atoms with van der Waals surface area (Å²) >= 11 is 0. The first-order chi connectivity index (χ1) is 14.3. The van der Waals surface area contributed by atoms with Crippen LogP contribution in [0.2, 0.25) is 0 Å². The zero-order chi connectivity index (χ0) is 19.9. The first-order valence-corrected chi connectivity index (χ1v) is 10.8. The maximum absolute atomic E-state index is 6.12.